The zero-order chi connectivity index (χ0) is 11.1. The third-order valence-corrected chi connectivity index (χ3v) is 3.61. The highest BCUT2D eigenvalue weighted by Crippen LogP contribution is 2.28. The zero-order valence-electron chi connectivity index (χ0n) is 8.84. The highest BCUT2D eigenvalue weighted by Gasteiger charge is 2.07. The topological polar surface area (TPSA) is 43.3 Å². The molecule has 0 fully saturated rings. The number of aryl methyl sites for hydroxylation is 1. The van der Waals surface area contributed by atoms with Crippen LogP contribution in [0.25, 0.3) is 16.2 Å². The Kier molecular flexibility index (Phi) is 1.97. The minimum atomic E-state index is 0.749. The number of fused-ring (bicyclic) bond motifs is 1. The lowest BCUT2D eigenvalue weighted by atomic mass is 10.2. The quantitative estimate of drug-likeness (QED) is 0.697. The molecular weight excluding hydrogens is 218 g/mol. The van der Waals surface area contributed by atoms with Crippen molar-refractivity contribution >= 4 is 22.7 Å². The molecule has 3 aromatic heterocycles. The third kappa shape index (κ3) is 1.39. The predicted molar refractivity (Wildman–Crippen MR) is 67.7 cm³/mol. The molecule has 3 rings (SSSR count). The van der Waals surface area contributed by atoms with Crippen LogP contribution in [0.2, 0.25) is 0 Å². The lowest BCUT2D eigenvalue weighted by Gasteiger charge is -1.93. The van der Waals surface area contributed by atoms with E-state index in [1.165, 1.54) is 10.4 Å². The molecule has 0 bridgehead atoms. The van der Waals surface area contributed by atoms with Crippen LogP contribution in [0, 0.1) is 6.92 Å². The summed E-state index contributed by atoms with van der Waals surface area (Å²) in [6, 6.07) is 5.91. The van der Waals surface area contributed by atoms with Crippen molar-refractivity contribution in [2.45, 2.75) is 6.92 Å². The largest absolute Gasteiger partial charge is 0.398 e. The van der Waals surface area contributed by atoms with Crippen molar-refractivity contribution < 1.29 is 0 Å². The fourth-order valence-electron chi connectivity index (χ4n) is 1.75. The summed E-state index contributed by atoms with van der Waals surface area (Å²) in [5.41, 5.74) is 9.69. The Labute approximate surface area is 97.2 Å². The summed E-state index contributed by atoms with van der Waals surface area (Å²) in [5.74, 6) is 0. The van der Waals surface area contributed by atoms with Crippen LogP contribution in [0.3, 0.4) is 0 Å². The first-order valence-electron chi connectivity index (χ1n) is 5.03. The van der Waals surface area contributed by atoms with Crippen molar-refractivity contribution in [3.05, 3.63) is 41.5 Å². The van der Waals surface area contributed by atoms with Gasteiger partial charge in [0, 0.05) is 18.1 Å². The molecule has 3 aromatic rings. The number of nitrogens with zero attached hydrogens (tertiary/aromatic N) is 2. The van der Waals surface area contributed by atoms with E-state index in [0.717, 1.165) is 17.0 Å². The summed E-state index contributed by atoms with van der Waals surface area (Å²) in [4.78, 5) is 5.80. The van der Waals surface area contributed by atoms with Crippen LogP contribution in [0.5, 0.6) is 0 Å². The molecule has 0 radical (unpaired) electrons. The highest BCUT2D eigenvalue weighted by molar-refractivity contribution is 7.13. The van der Waals surface area contributed by atoms with Crippen LogP contribution < -0.4 is 5.73 Å². The Morgan fingerprint density at radius 1 is 1.25 bits per heavy atom. The second kappa shape index (κ2) is 3.35. The number of rotatable bonds is 1. The molecular formula is C12H11N3S. The van der Waals surface area contributed by atoms with Gasteiger partial charge in [-0.05, 0) is 36.1 Å². The van der Waals surface area contributed by atoms with Gasteiger partial charge in [-0.3, -0.25) is 0 Å². The van der Waals surface area contributed by atoms with Crippen molar-refractivity contribution in [2.24, 2.45) is 0 Å². The van der Waals surface area contributed by atoms with Crippen molar-refractivity contribution in [1.29, 1.82) is 0 Å². The maximum Gasteiger partial charge on any atom is 0.137 e. The number of nitrogens with two attached hydrogens (primary N) is 1. The SMILES string of the molecule is Cc1ccsc1-c1cn2cc(N)ccc2n1. The lowest BCUT2D eigenvalue weighted by Crippen LogP contribution is -1.88. The summed E-state index contributed by atoms with van der Waals surface area (Å²) < 4.78 is 1.96. The molecule has 0 atom stereocenters. The van der Waals surface area contributed by atoms with Gasteiger partial charge in [-0.1, -0.05) is 0 Å². The van der Waals surface area contributed by atoms with Gasteiger partial charge in [-0.2, -0.15) is 0 Å². The van der Waals surface area contributed by atoms with E-state index in [2.05, 4.69) is 23.4 Å². The molecule has 0 amide bonds. The van der Waals surface area contributed by atoms with Gasteiger partial charge in [0.05, 0.1) is 10.6 Å². The monoisotopic (exact) mass is 229 g/mol. The smallest absolute Gasteiger partial charge is 0.137 e. The highest BCUT2D eigenvalue weighted by atomic mass is 32.1. The predicted octanol–water partition coefficient (Wildman–Crippen LogP) is 2.95. The normalized spacial score (nSPS) is 11.1. The van der Waals surface area contributed by atoms with Crippen LogP contribution in [-0.2, 0) is 0 Å². The minimum Gasteiger partial charge on any atom is -0.398 e. The lowest BCUT2D eigenvalue weighted by molar-refractivity contribution is 1.19. The van der Waals surface area contributed by atoms with Crippen LogP contribution in [0.1, 0.15) is 5.56 Å². The second-order valence-corrected chi connectivity index (χ2v) is 4.70. The van der Waals surface area contributed by atoms with Crippen molar-refractivity contribution in [1.82, 2.24) is 9.38 Å². The molecule has 0 saturated heterocycles. The van der Waals surface area contributed by atoms with E-state index in [4.69, 9.17) is 5.73 Å². The zero-order valence-corrected chi connectivity index (χ0v) is 9.66. The minimum absolute atomic E-state index is 0.749. The van der Waals surface area contributed by atoms with Crippen LogP contribution in [-0.4, -0.2) is 9.38 Å². The average Bonchev–Trinajstić information content (AvgIpc) is 2.82. The number of pyridine rings is 1. The molecule has 3 nitrogen and oxygen atoms in total. The molecule has 0 aliphatic rings. The molecule has 80 valence electrons. The van der Waals surface area contributed by atoms with Crippen LogP contribution >= 0.6 is 11.3 Å². The fraction of sp³-hybridized carbons (Fsp3) is 0.0833. The van der Waals surface area contributed by atoms with Gasteiger partial charge in [-0.15, -0.1) is 11.3 Å². The first-order valence-corrected chi connectivity index (χ1v) is 5.91. The van der Waals surface area contributed by atoms with Crippen molar-refractivity contribution in [2.75, 3.05) is 5.73 Å². The Morgan fingerprint density at radius 3 is 2.88 bits per heavy atom. The molecule has 0 aromatic carbocycles. The average molecular weight is 229 g/mol. The van der Waals surface area contributed by atoms with Crippen molar-refractivity contribution in [3.8, 4) is 10.6 Å². The van der Waals surface area contributed by atoms with E-state index in [-0.39, 0.29) is 0 Å². The number of anilines is 1. The Balaban J connectivity index is 2.23. The molecule has 0 aliphatic carbocycles. The molecule has 4 heteroatoms. The van der Waals surface area contributed by atoms with Crippen LogP contribution in [0.15, 0.2) is 36.0 Å². The van der Waals surface area contributed by atoms with Gasteiger partial charge in [0.15, 0.2) is 0 Å². The maximum atomic E-state index is 5.74. The Bertz CT molecular complexity index is 651. The third-order valence-electron chi connectivity index (χ3n) is 2.57. The Hall–Kier alpha value is -1.81. The van der Waals surface area contributed by atoms with E-state index in [1.807, 2.05) is 28.9 Å². The molecule has 0 saturated carbocycles. The standard InChI is InChI=1S/C12H11N3S/c1-8-4-5-16-12(8)10-7-15-6-9(13)2-3-11(15)14-10/h2-7H,13H2,1H3. The number of nitrogen functional groups attached to an aromatic ring is 1. The maximum absolute atomic E-state index is 5.74. The number of imidazole rings is 1. The van der Waals surface area contributed by atoms with E-state index >= 15 is 0 Å². The summed E-state index contributed by atoms with van der Waals surface area (Å²) in [6.45, 7) is 2.10. The Morgan fingerprint density at radius 2 is 2.12 bits per heavy atom. The van der Waals surface area contributed by atoms with E-state index in [0.29, 0.717) is 0 Å². The van der Waals surface area contributed by atoms with E-state index < -0.39 is 0 Å². The number of hydrogen-bond acceptors (Lipinski definition) is 3. The van der Waals surface area contributed by atoms with Crippen molar-refractivity contribution in [3.63, 3.8) is 0 Å². The first kappa shape index (κ1) is 9.42. The van der Waals surface area contributed by atoms with Gasteiger partial charge in [0.2, 0.25) is 0 Å². The summed E-state index contributed by atoms with van der Waals surface area (Å²) in [5, 5.41) is 2.09. The molecule has 0 aliphatic heterocycles. The van der Waals surface area contributed by atoms with Crippen LogP contribution in [0.4, 0.5) is 5.69 Å². The van der Waals surface area contributed by atoms with Gasteiger partial charge in [0.25, 0.3) is 0 Å². The summed E-state index contributed by atoms with van der Waals surface area (Å²) >= 11 is 1.71. The second-order valence-electron chi connectivity index (χ2n) is 3.79. The summed E-state index contributed by atoms with van der Waals surface area (Å²) in [7, 11) is 0. The number of aromatic nitrogens is 2. The molecule has 16 heavy (non-hydrogen) atoms. The van der Waals surface area contributed by atoms with Gasteiger partial charge >= 0.3 is 0 Å². The fourth-order valence-corrected chi connectivity index (χ4v) is 2.63. The molecule has 0 unspecified atom stereocenters. The van der Waals surface area contributed by atoms with Gasteiger partial charge < -0.3 is 10.1 Å². The van der Waals surface area contributed by atoms with Gasteiger partial charge in [0.1, 0.15) is 5.65 Å². The number of thiophene rings is 1. The molecule has 3 heterocycles. The first-order chi connectivity index (χ1) is 7.74. The van der Waals surface area contributed by atoms with E-state index in [1.54, 1.807) is 11.3 Å². The molecule has 2 N–H and O–H groups in total. The molecule has 0 spiro atoms. The summed E-state index contributed by atoms with van der Waals surface area (Å²) in [6.07, 6.45) is 3.90. The van der Waals surface area contributed by atoms with E-state index in [9.17, 15) is 0 Å². The van der Waals surface area contributed by atoms with Gasteiger partial charge in [-0.25, -0.2) is 4.98 Å². The number of hydrogen-bond donors (Lipinski definition) is 1.